The molecule has 0 aliphatic carbocycles. The molecule has 5 nitrogen and oxygen atoms in total. The van der Waals surface area contributed by atoms with Gasteiger partial charge in [0.05, 0.1) is 0 Å². The molecule has 0 aromatic rings. The highest BCUT2D eigenvalue weighted by molar-refractivity contribution is 5.91. The molecule has 0 saturated carbocycles. The SMILES string of the molecule is CC=C(C)C(N)=O.CC=O.CCC(N)=O. The zero-order valence-corrected chi connectivity index (χ0v) is 9.74. The number of rotatable bonds is 2. The molecule has 0 aliphatic rings. The van der Waals surface area contributed by atoms with E-state index in [-0.39, 0.29) is 11.8 Å². The van der Waals surface area contributed by atoms with E-state index in [2.05, 4.69) is 5.73 Å². The fraction of sp³-hybridized carbons (Fsp3) is 0.500. The topological polar surface area (TPSA) is 103 Å². The largest absolute Gasteiger partial charge is 0.370 e. The minimum absolute atomic E-state index is 0.245. The van der Waals surface area contributed by atoms with E-state index >= 15 is 0 Å². The molecule has 2 amide bonds. The number of carbonyl (C=O) groups is 3. The van der Waals surface area contributed by atoms with Crippen LogP contribution >= 0.6 is 0 Å². The van der Waals surface area contributed by atoms with Crippen LogP contribution in [0.5, 0.6) is 0 Å². The molecule has 0 unspecified atom stereocenters. The van der Waals surface area contributed by atoms with Gasteiger partial charge < -0.3 is 16.3 Å². The number of nitrogens with two attached hydrogens (primary N) is 2. The van der Waals surface area contributed by atoms with E-state index in [4.69, 9.17) is 10.5 Å². The summed E-state index contributed by atoms with van der Waals surface area (Å²) in [6.45, 7) is 6.63. The highest BCUT2D eigenvalue weighted by atomic mass is 16.1. The highest BCUT2D eigenvalue weighted by Crippen LogP contribution is 1.85. The first-order valence-electron chi connectivity index (χ1n) is 4.48. The summed E-state index contributed by atoms with van der Waals surface area (Å²) in [7, 11) is 0. The van der Waals surface area contributed by atoms with Gasteiger partial charge in [-0.25, -0.2) is 0 Å². The Kier molecular flexibility index (Phi) is 18.8. The molecule has 5 heteroatoms. The van der Waals surface area contributed by atoms with Gasteiger partial charge >= 0.3 is 0 Å². The van der Waals surface area contributed by atoms with Crippen LogP contribution in [0.1, 0.15) is 34.1 Å². The van der Waals surface area contributed by atoms with Crippen molar-refractivity contribution in [1.29, 1.82) is 0 Å². The second kappa shape index (κ2) is 14.9. The van der Waals surface area contributed by atoms with Gasteiger partial charge in [-0.2, -0.15) is 0 Å². The number of allylic oxidation sites excluding steroid dienone is 1. The normalized spacial score (nSPS) is 8.67. The van der Waals surface area contributed by atoms with Crippen molar-refractivity contribution in [3.05, 3.63) is 11.6 Å². The molecule has 0 aromatic carbocycles. The van der Waals surface area contributed by atoms with Gasteiger partial charge in [-0.3, -0.25) is 9.59 Å². The Bertz CT molecular complexity index is 223. The van der Waals surface area contributed by atoms with Crippen LogP contribution < -0.4 is 11.5 Å². The molecule has 0 fully saturated rings. The molecule has 15 heavy (non-hydrogen) atoms. The Hall–Kier alpha value is -1.65. The first kappa shape index (κ1) is 19.0. The van der Waals surface area contributed by atoms with E-state index in [9.17, 15) is 9.59 Å². The maximum atomic E-state index is 10.1. The Labute approximate surface area is 90.5 Å². The third-order valence-electron chi connectivity index (χ3n) is 1.17. The molecule has 0 spiro atoms. The third kappa shape index (κ3) is 32.8. The van der Waals surface area contributed by atoms with Gasteiger partial charge in [-0.15, -0.1) is 0 Å². The number of hydrogen-bond donors (Lipinski definition) is 2. The number of hydrogen-bond acceptors (Lipinski definition) is 3. The van der Waals surface area contributed by atoms with E-state index in [0.717, 1.165) is 6.29 Å². The molecule has 88 valence electrons. The van der Waals surface area contributed by atoms with Crippen molar-refractivity contribution in [3.63, 3.8) is 0 Å². The summed E-state index contributed by atoms with van der Waals surface area (Å²) < 4.78 is 0. The molecular formula is C10H20N2O3. The van der Waals surface area contributed by atoms with E-state index < -0.39 is 0 Å². The van der Waals surface area contributed by atoms with Crippen LogP contribution in [0.25, 0.3) is 0 Å². The average Bonchev–Trinajstić information content (AvgIpc) is 2.18. The molecule has 0 saturated heterocycles. The fourth-order valence-corrected chi connectivity index (χ4v) is 0.142. The summed E-state index contributed by atoms with van der Waals surface area (Å²) in [5, 5.41) is 0. The summed E-state index contributed by atoms with van der Waals surface area (Å²) in [4.78, 5) is 28.5. The molecule has 0 atom stereocenters. The van der Waals surface area contributed by atoms with E-state index in [1.807, 2.05) is 0 Å². The van der Waals surface area contributed by atoms with Crippen molar-refractivity contribution in [3.8, 4) is 0 Å². The third-order valence-corrected chi connectivity index (χ3v) is 1.17. The smallest absolute Gasteiger partial charge is 0.243 e. The monoisotopic (exact) mass is 216 g/mol. The second-order valence-corrected chi connectivity index (χ2v) is 2.39. The van der Waals surface area contributed by atoms with Gasteiger partial charge in [0.25, 0.3) is 0 Å². The maximum Gasteiger partial charge on any atom is 0.243 e. The first-order valence-corrected chi connectivity index (χ1v) is 4.48. The van der Waals surface area contributed by atoms with Crippen molar-refractivity contribution >= 4 is 18.1 Å². The van der Waals surface area contributed by atoms with E-state index in [0.29, 0.717) is 12.0 Å². The van der Waals surface area contributed by atoms with Crippen molar-refractivity contribution in [1.82, 2.24) is 0 Å². The van der Waals surface area contributed by atoms with Gasteiger partial charge in [0, 0.05) is 12.0 Å². The van der Waals surface area contributed by atoms with Gasteiger partial charge in [-0.1, -0.05) is 13.0 Å². The van der Waals surface area contributed by atoms with Crippen LogP contribution in [0.2, 0.25) is 0 Å². The molecule has 0 rings (SSSR count). The first-order chi connectivity index (χ1) is 6.87. The Morgan fingerprint density at radius 2 is 1.47 bits per heavy atom. The van der Waals surface area contributed by atoms with Gasteiger partial charge in [0.15, 0.2) is 0 Å². The highest BCUT2D eigenvalue weighted by Gasteiger charge is 1.90. The zero-order chi connectivity index (χ0) is 12.9. The van der Waals surface area contributed by atoms with Crippen LogP contribution in [0.15, 0.2) is 11.6 Å². The zero-order valence-electron chi connectivity index (χ0n) is 9.74. The predicted octanol–water partition coefficient (Wildman–Crippen LogP) is 0.525. The maximum absolute atomic E-state index is 10.1. The molecule has 0 heterocycles. The van der Waals surface area contributed by atoms with Crippen LogP contribution in [-0.2, 0) is 14.4 Å². The van der Waals surface area contributed by atoms with Crippen molar-refractivity contribution in [2.75, 3.05) is 0 Å². The standard InChI is InChI=1S/C5H9NO.C3H7NO.C2H4O/c1-3-4(2)5(6)7;1-2-3(4)5;1-2-3/h3H,1-2H3,(H2,6,7);2H2,1H3,(H2,4,5);2H,1H3. The van der Waals surface area contributed by atoms with Crippen molar-refractivity contribution < 1.29 is 14.4 Å². The summed E-state index contributed by atoms with van der Waals surface area (Å²) in [6, 6.07) is 0. The van der Waals surface area contributed by atoms with Crippen LogP contribution in [0.4, 0.5) is 0 Å². The van der Waals surface area contributed by atoms with Crippen molar-refractivity contribution in [2.24, 2.45) is 11.5 Å². The quantitative estimate of drug-likeness (QED) is 0.519. The number of primary amides is 2. The summed E-state index contributed by atoms with van der Waals surface area (Å²) in [5.41, 5.74) is 10.1. The number of amides is 2. The molecule has 0 radical (unpaired) electrons. The Balaban J connectivity index is -0.000000158. The summed E-state index contributed by atoms with van der Waals surface area (Å²) >= 11 is 0. The van der Waals surface area contributed by atoms with Crippen LogP contribution in [-0.4, -0.2) is 18.1 Å². The lowest BCUT2D eigenvalue weighted by Crippen LogP contribution is -2.10. The number of aldehydes is 1. The number of carbonyl (C=O) groups excluding carboxylic acids is 3. The minimum atomic E-state index is -0.345. The summed E-state index contributed by atoms with van der Waals surface area (Å²) in [6.07, 6.45) is 2.88. The lowest BCUT2D eigenvalue weighted by atomic mass is 10.3. The lowest BCUT2D eigenvalue weighted by Gasteiger charge is -1.85. The van der Waals surface area contributed by atoms with Gasteiger partial charge in [0.1, 0.15) is 6.29 Å². The second-order valence-electron chi connectivity index (χ2n) is 2.39. The van der Waals surface area contributed by atoms with Crippen LogP contribution in [0.3, 0.4) is 0 Å². The minimum Gasteiger partial charge on any atom is -0.370 e. The molecule has 0 aromatic heterocycles. The van der Waals surface area contributed by atoms with Crippen molar-refractivity contribution in [2.45, 2.75) is 34.1 Å². The van der Waals surface area contributed by atoms with E-state index in [1.165, 1.54) is 6.92 Å². The Morgan fingerprint density at radius 1 is 1.20 bits per heavy atom. The van der Waals surface area contributed by atoms with Gasteiger partial charge in [-0.05, 0) is 20.8 Å². The fourth-order valence-electron chi connectivity index (χ4n) is 0.142. The summed E-state index contributed by atoms with van der Waals surface area (Å²) in [5.74, 6) is -0.590. The van der Waals surface area contributed by atoms with Gasteiger partial charge in [0.2, 0.25) is 11.8 Å². The molecule has 0 bridgehead atoms. The lowest BCUT2D eigenvalue weighted by molar-refractivity contribution is -0.117. The average molecular weight is 216 g/mol. The molecule has 0 aliphatic heterocycles. The van der Waals surface area contributed by atoms with Crippen LogP contribution in [0, 0.1) is 0 Å². The predicted molar refractivity (Wildman–Crippen MR) is 59.8 cm³/mol. The Morgan fingerprint density at radius 3 is 1.47 bits per heavy atom. The molecule has 4 N–H and O–H groups in total. The molecular weight excluding hydrogens is 196 g/mol. The van der Waals surface area contributed by atoms with E-state index in [1.54, 1.807) is 26.8 Å².